The number of methoxy groups -OCH3 is 1. The van der Waals surface area contributed by atoms with Gasteiger partial charge in [0.15, 0.2) is 0 Å². The van der Waals surface area contributed by atoms with Gasteiger partial charge in [0.2, 0.25) is 0 Å². The fourth-order valence-corrected chi connectivity index (χ4v) is 2.39. The fraction of sp³-hybridized carbons (Fsp3) is 0.125. The van der Waals surface area contributed by atoms with Crippen LogP contribution < -0.4 is 10.5 Å². The van der Waals surface area contributed by atoms with E-state index in [2.05, 4.69) is 30.4 Å². The molecule has 0 radical (unpaired) electrons. The van der Waals surface area contributed by atoms with Gasteiger partial charge in [-0.25, -0.2) is 0 Å². The van der Waals surface area contributed by atoms with Crippen molar-refractivity contribution in [3.63, 3.8) is 0 Å². The Morgan fingerprint density at radius 3 is 2.44 bits per heavy atom. The molecular formula is C16H15NO. The van der Waals surface area contributed by atoms with Crippen molar-refractivity contribution < 1.29 is 4.74 Å². The Balaban J connectivity index is 2.20. The van der Waals surface area contributed by atoms with Crippen molar-refractivity contribution in [3.05, 3.63) is 64.7 Å². The van der Waals surface area contributed by atoms with E-state index in [1.165, 1.54) is 5.56 Å². The van der Waals surface area contributed by atoms with Crippen molar-refractivity contribution in [1.29, 1.82) is 0 Å². The lowest BCUT2D eigenvalue weighted by Crippen LogP contribution is -2.13. The number of nitrogens with two attached hydrogens (primary N) is 1. The molecule has 90 valence electrons. The molecule has 0 saturated carbocycles. The summed E-state index contributed by atoms with van der Waals surface area (Å²) < 4.78 is 5.28. The largest absolute Gasteiger partial charge is 0.497 e. The van der Waals surface area contributed by atoms with Crippen LogP contribution in [0, 0.1) is 0 Å². The van der Waals surface area contributed by atoms with Crippen LogP contribution in [0.1, 0.15) is 28.3 Å². The molecule has 2 nitrogen and oxygen atoms in total. The lowest BCUT2D eigenvalue weighted by Gasteiger charge is -2.16. The highest BCUT2D eigenvalue weighted by atomic mass is 16.5. The molecule has 1 unspecified atom stereocenters. The summed E-state index contributed by atoms with van der Waals surface area (Å²) in [5, 5.41) is 0. The predicted octanol–water partition coefficient (Wildman–Crippen LogP) is 3.23. The SMILES string of the molecule is COc1ccc2c(c1)C(N)c1ccccc1C=C2. The van der Waals surface area contributed by atoms with Crippen molar-refractivity contribution in [3.8, 4) is 5.75 Å². The summed E-state index contributed by atoms with van der Waals surface area (Å²) in [4.78, 5) is 0. The molecular weight excluding hydrogens is 222 g/mol. The predicted molar refractivity (Wildman–Crippen MR) is 74.4 cm³/mol. The smallest absolute Gasteiger partial charge is 0.119 e. The molecule has 2 N–H and O–H groups in total. The second-order valence-corrected chi connectivity index (χ2v) is 4.43. The Bertz CT molecular complexity index is 616. The summed E-state index contributed by atoms with van der Waals surface area (Å²) in [5.41, 5.74) is 11.0. The molecule has 2 heteroatoms. The van der Waals surface area contributed by atoms with E-state index < -0.39 is 0 Å². The van der Waals surface area contributed by atoms with Crippen LogP contribution in [0.15, 0.2) is 42.5 Å². The maximum absolute atomic E-state index is 6.39. The fourth-order valence-electron chi connectivity index (χ4n) is 2.39. The second-order valence-electron chi connectivity index (χ2n) is 4.43. The molecule has 2 aromatic rings. The minimum absolute atomic E-state index is 0.110. The third-order valence-electron chi connectivity index (χ3n) is 3.40. The van der Waals surface area contributed by atoms with Gasteiger partial charge in [0.05, 0.1) is 13.2 Å². The average Bonchev–Trinajstić information content (AvgIpc) is 2.57. The van der Waals surface area contributed by atoms with E-state index in [1.54, 1.807) is 7.11 Å². The average molecular weight is 237 g/mol. The maximum Gasteiger partial charge on any atom is 0.119 e. The highest BCUT2D eigenvalue weighted by Crippen LogP contribution is 2.33. The monoisotopic (exact) mass is 237 g/mol. The topological polar surface area (TPSA) is 35.2 Å². The first-order chi connectivity index (χ1) is 8.79. The quantitative estimate of drug-likeness (QED) is 0.826. The second kappa shape index (κ2) is 4.31. The Morgan fingerprint density at radius 1 is 0.944 bits per heavy atom. The first-order valence-corrected chi connectivity index (χ1v) is 6.00. The van der Waals surface area contributed by atoms with Gasteiger partial charge in [-0.15, -0.1) is 0 Å². The van der Waals surface area contributed by atoms with Gasteiger partial charge in [0.25, 0.3) is 0 Å². The first kappa shape index (κ1) is 11.1. The van der Waals surface area contributed by atoms with E-state index in [0.717, 1.165) is 22.4 Å². The molecule has 1 aliphatic carbocycles. The van der Waals surface area contributed by atoms with E-state index in [9.17, 15) is 0 Å². The molecule has 0 spiro atoms. The molecule has 0 saturated heterocycles. The molecule has 0 bridgehead atoms. The Morgan fingerprint density at radius 2 is 1.67 bits per heavy atom. The van der Waals surface area contributed by atoms with Gasteiger partial charge in [0.1, 0.15) is 5.75 Å². The van der Waals surface area contributed by atoms with Gasteiger partial charge in [-0.3, -0.25) is 0 Å². The minimum Gasteiger partial charge on any atom is -0.497 e. The lowest BCUT2D eigenvalue weighted by atomic mass is 9.95. The van der Waals surface area contributed by atoms with Crippen LogP contribution in [-0.2, 0) is 0 Å². The number of ether oxygens (including phenoxy) is 1. The molecule has 1 atom stereocenters. The van der Waals surface area contributed by atoms with Crippen molar-refractivity contribution in [2.24, 2.45) is 5.73 Å². The number of benzene rings is 2. The van der Waals surface area contributed by atoms with Crippen LogP contribution >= 0.6 is 0 Å². The molecule has 2 aromatic carbocycles. The zero-order chi connectivity index (χ0) is 12.5. The molecule has 1 aliphatic rings. The normalized spacial score (nSPS) is 16.7. The van der Waals surface area contributed by atoms with Gasteiger partial charge < -0.3 is 10.5 Å². The van der Waals surface area contributed by atoms with E-state index in [1.807, 2.05) is 24.3 Å². The minimum atomic E-state index is -0.110. The van der Waals surface area contributed by atoms with Crippen LogP contribution in [0.3, 0.4) is 0 Å². The molecule has 0 heterocycles. The summed E-state index contributed by atoms with van der Waals surface area (Å²) in [6.07, 6.45) is 4.23. The third-order valence-corrected chi connectivity index (χ3v) is 3.40. The lowest BCUT2D eigenvalue weighted by molar-refractivity contribution is 0.414. The van der Waals surface area contributed by atoms with Crippen LogP contribution in [0.2, 0.25) is 0 Å². The number of hydrogen-bond donors (Lipinski definition) is 1. The van der Waals surface area contributed by atoms with Crippen molar-refractivity contribution >= 4 is 12.2 Å². The zero-order valence-electron chi connectivity index (χ0n) is 10.3. The molecule has 0 fully saturated rings. The summed E-state index contributed by atoms with van der Waals surface area (Å²) in [6.45, 7) is 0. The molecule has 18 heavy (non-hydrogen) atoms. The molecule has 0 aliphatic heterocycles. The first-order valence-electron chi connectivity index (χ1n) is 6.00. The van der Waals surface area contributed by atoms with E-state index in [0.29, 0.717) is 0 Å². The standard InChI is InChI=1S/C16H15NO/c1-18-13-9-8-12-7-6-11-4-2-3-5-14(11)16(17)15(12)10-13/h2-10,16H,17H2,1H3. The van der Waals surface area contributed by atoms with E-state index >= 15 is 0 Å². The number of rotatable bonds is 1. The van der Waals surface area contributed by atoms with Crippen LogP contribution in [0.4, 0.5) is 0 Å². The number of fused-ring (bicyclic) bond motifs is 2. The van der Waals surface area contributed by atoms with Gasteiger partial charge in [-0.2, -0.15) is 0 Å². The van der Waals surface area contributed by atoms with Crippen LogP contribution in [0.25, 0.3) is 12.2 Å². The van der Waals surface area contributed by atoms with E-state index in [4.69, 9.17) is 10.5 Å². The van der Waals surface area contributed by atoms with Gasteiger partial charge in [0, 0.05) is 0 Å². The van der Waals surface area contributed by atoms with Crippen molar-refractivity contribution in [1.82, 2.24) is 0 Å². The summed E-state index contributed by atoms with van der Waals surface area (Å²) in [6, 6.07) is 14.2. The van der Waals surface area contributed by atoms with Gasteiger partial charge in [-0.05, 0) is 34.4 Å². The van der Waals surface area contributed by atoms with Crippen molar-refractivity contribution in [2.75, 3.05) is 7.11 Å². The van der Waals surface area contributed by atoms with Crippen molar-refractivity contribution in [2.45, 2.75) is 6.04 Å². The van der Waals surface area contributed by atoms with Crippen LogP contribution in [0.5, 0.6) is 5.75 Å². The highest BCUT2D eigenvalue weighted by molar-refractivity contribution is 5.76. The molecule has 0 amide bonds. The maximum atomic E-state index is 6.39. The molecule has 0 aromatic heterocycles. The Hall–Kier alpha value is -2.06. The van der Waals surface area contributed by atoms with Crippen LogP contribution in [-0.4, -0.2) is 7.11 Å². The summed E-state index contributed by atoms with van der Waals surface area (Å²) >= 11 is 0. The Kier molecular flexibility index (Phi) is 2.65. The summed E-state index contributed by atoms with van der Waals surface area (Å²) in [5.74, 6) is 0.844. The zero-order valence-corrected chi connectivity index (χ0v) is 10.3. The summed E-state index contributed by atoms with van der Waals surface area (Å²) in [7, 11) is 1.67. The van der Waals surface area contributed by atoms with Gasteiger partial charge in [-0.1, -0.05) is 42.5 Å². The number of hydrogen-bond acceptors (Lipinski definition) is 2. The van der Waals surface area contributed by atoms with Gasteiger partial charge >= 0.3 is 0 Å². The highest BCUT2D eigenvalue weighted by Gasteiger charge is 2.17. The van der Waals surface area contributed by atoms with E-state index in [-0.39, 0.29) is 6.04 Å². The third kappa shape index (κ3) is 1.71. The molecule has 3 rings (SSSR count). The Labute approximate surface area is 107 Å².